The molecular weight excluding hydrogens is 398 g/mol. The van der Waals surface area contributed by atoms with Gasteiger partial charge in [-0.2, -0.15) is 4.99 Å². The van der Waals surface area contributed by atoms with Crippen LogP contribution in [0, 0.1) is 0 Å². The summed E-state index contributed by atoms with van der Waals surface area (Å²) in [5, 5.41) is 5.22. The molecule has 0 aliphatic rings. The van der Waals surface area contributed by atoms with Crippen LogP contribution in [0.1, 0.15) is 12.0 Å². The Morgan fingerprint density at radius 1 is 1.21 bits per heavy atom. The first kappa shape index (κ1) is 20.4. The summed E-state index contributed by atoms with van der Waals surface area (Å²) in [7, 11) is -2.21. The smallest absolute Gasteiger partial charge is 0.248 e. The number of thiazole rings is 1. The van der Waals surface area contributed by atoms with Crippen LogP contribution in [0.25, 0.3) is 10.2 Å². The van der Waals surface area contributed by atoms with E-state index in [1.54, 1.807) is 13.2 Å². The number of primary sulfonamides is 1. The fraction of sp³-hybridized carbons (Fsp3) is 0.263. The van der Waals surface area contributed by atoms with Gasteiger partial charge in [0.2, 0.25) is 15.9 Å². The van der Waals surface area contributed by atoms with E-state index in [9.17, 15) is 13.2 Å². The molecule has 28 heavy (non-hydrogen) atoms. The van der Waals surface area contributed by atoms with Crippen molar-refractivity contribution in [1.29, 1.82) is 0 Å². The number of aromatic nitrogens is 1. The van der Waals surface area contributed by atoms with Crippen LogP contribution in [0.2, 0.25) is 0 Å². The lowest BCUT2D eigenvalue weighted by Gasteiger charge is -2.05. The number of sulfonamides is 1. The molecule has 9 heteroatoms. The zero-order valence-electron chi connectivity index (χ0n) is 15.4. The zero-order chi connectivity index (χ0) is 20.1. The van der Waals surface area contributed by atoms with Gasteiger partial charge in [0.1, 0.15) is 0 Å². The maximum absolute atomic E-state index is 12.4. The lowest BCUT2D eigenvalue weighted by atomic mass is 10.1. The van der Waals surface area contributed by atoms with Crippen LogP contribution in [0.4, 0.5) is 0 Å². The topological polar surface area (TPSA) is 104 Å². The summed E-state index contributed by atoms with van der Waals surface area (Å²) in [6, 6.07) is 14.4. The highest BCUT2D eigenvalue weighted by molar-refractivity contribution is 7.89. The Labute approximate surface area is 167 Å². The number of benzene rings is 2. The number of fused-ring (bicyclic) bond motifs is 1. The number of hydrogen-bond donors (Lipinski definition) is 1. The zero-order valence-corrected chi connectivity index (χ0v) is 17.0. The van der Waals surface area contributed by atoms with Crippen molar-refractivity contribution in [3.8, 4) is 0 Å². The largest absolute Gasteiger partial charge is 0.383 e. The van der Waals surface area contributed by atoms with Gasteiger partial charge in [0.15, 0.2) is 4.80 Å². The maximum Gasteiger partial charge on any atom is 0.248 e. The van der Waals surface area contributed by atoms with Crippen molar-refractivity contribution >= 4 is 37.5 Å². The molecule has 7 nitrogen and oxygen atoms in total. The highest BCUT2D eigenvalue weighted by Gasteiger charge is 2.13. The minimum absolute atomic E-state index is 0.0297. The Kier molecular flexibility index (Phi) is 6.40. The van der Waals surface area contributed by atoms with E-state index in [1.807, 2.05) is 34.9 Å². The van der Waals surface area contributed by atoms with Gasteiger partial charge in [-0.25, -0.2) is 13.6 Å². The van der Waals surface area contributed by atoms with Gasteiger partial charge >= 0.3 is 0 Å². The number of carbonyl (C=O) groups is 1. The fourth-order valence-electron chi connectivity index (χ4n) is 2.77. The minimum atomic E-state index is -3.80. The van der Waals surface area contributed by atoms with Crippen LogP contribution >= 0.6 is 11.3 Å². The van der Waals surface area contributed by atoms with E-state index in [0.717, 1.165) is 11.1 Å². The Balaban J connectivity index is 1.95. The number of carbonyl (C=O) groups excluding carboxylic acids is 1. The van der Waals surface area contributed by atoms with Crippen LogP contribution in [-0.4, -0.2) is 32.6 Å². The predicted octanol–water partition coefficient (Wildman–Crippen LogP) is 2.06. The highest BCUT2D eigenvalue weighted by atomic mass is 32.2. The quantitative estimate of drug-likeness (QED) is 0.633. The second-order valence-corrected chi connectivity index (χ2v) is 8.77. The molecule has 0 radical (unpaired) electrons. The third-order valence-corrected chi connectivity index (χ3v) is 6.14. The first-order chi connectivity index (χ1) is 13.4. The Hall–Kier alpha value is -2.33. The minimum Gasteiger partial charge on any atom is -0.383 e. The van der Waals surface area contributed by atoms with Crippen LogP contribution in [-0.2, 0) is 32.5 Å². The van der Waals surface area contributed by atoms with Crippen LogP contribution in [0.15, 0.2) is 58.4 Å². The molecule has 0 saturated carbocycles. The molecule has 0 atom stereocenters. The van der Waals surface area contributed by atoms with Gasteiger partial charge in [-0.05, 0) is 30.2 Å². The Morgan fingerprint density at radius 2 is 1.96 bits per heavy atom. The molecule has 1 heterocycles. The van der Waals surface area contributed by atoms with Crippen LogP contribution < -0.4 is 9.94 Å². The van der Waals surface area contributed by atoms with Crippen molar-refractivity contribution in [2.75, 3.05) is 13.7 Å². The molecule has 2 N–H and O–H groups in total. The monoisotopic (exact) mass is 419 g/mol. The second kappa shape index (κ2) is 8.78. The van der Waals surface area contributed by atoms with Crippen LogP contribution in [0.3, 0.4) is 0 Å². The normalized spacial score (nSPS) is 12.6. The summed E-state index contributed by atoms with van der Waals surface area (Å²) < 4.78 is 30.9. The van der Waals surface area contributed by atoms with Crippen molar-refractivity contribution in [2.24, 2.45) is 10.1 Å². The average molecular weight is 420 g/mol. The number of ether oxygens (including phenoxy) is 1. The van der Waals surface area contributed by atoms with Crippen molar-refractivity contribution in [2.45, 2.75) is 24.3 Å². The number of hydrogen-bond acceptors (Lipinski definition) is 5. The van der Waals surface area contributed by atoms with Crippen molar-refractivity contribution < 1.29 is 17.9 Å². The van der Waals surface area contributed by atoms with Gasteiger partial charge < -0.3 is 9.30 Å². The number of aryl methyl sites for hydroxylation is 1. The molecule has 148 valence electrons. The molecule has 0 bridgehead atoms. The number of amides is 1. The number of nitrogens with zero attached hydrogens (tertiary/aromatic N) is 2. The van der Waals surface area contributed by atoms with E-state index in [1.165, 1.54) is 23.5 Å². The summed E-state index contributed by atoms with van der Waals surface area (Å²) in [5.41, 5.74) is 1.86. The summed E-state index contributed by atoms with van der Waals surface area (Å²) in [6.45, 7) is 0.935. The molecule has 2 aromatic carbocycles. The molecular formula is C19H21N3O4S2. The van der Waals surface area contributed by atoms with E-state index in [2.05, 4.69) is 4.99 Å². The number of rotatable bonds is 7. The van der Waals surface area contributed by atoms with E-state index in [0.29, 0.717) is 35.5 Å². The maximum atomic E-state index is 12.4. The molecule has 3 aromatic rings. The Bertz CT molecular complexity index is 1150. The lowest BCUT2D eigenvalue weighted by Crippen LogP contribution is -2.19. The summed E-state index contributed by atoms with van der Waals surface area (Å²) in [6.07, 6.45) is 0.909. The first-order valence-corrected chi connectivity index (χ1v) is 11.0. The second-order valence-electron chi connectivity index (χ2n) is 6.19. The number of methoxy groups -OCH3 is 1. The predicted molar refractivity (Wildman–Crippen MR) is 108 cm³/mol. The van der Waals surface area contributed by atoms with E-state index in [-0.39, 0.29) is 10.8 Å². The third-order valence-electron chi connectivity index (χ3n) is 4.19. The van der Waals surface area contributed by atoms with Gasteiger partial charge in [0.05, 0.1) is 21.7 Å². The molecule has 0 spiro atoms. The average Bonchev–Trinajstić information content (AvgIpc) is 3.01. The van der Waals surface area contributed by atoms with Gasteiger partial charge in [0, 0.05) is 20.1 Å². The molecule has 0 saturated heterocycles. The van der Waals surface area contributed by atoms with Gasteiger partial charge in [-0.3, -0.25) is 4.79 Å². The highest BCUT2D eigenvalue weighted by Crippen LogP contribution is 2.21. The molecule has 0 unspecified atom stereocenters. The van der Waals surface area contributed by atoms with Crippen molar-refractivity contribution in [3.63, 3.8) is 0 Å². The van der Waals surface area contributed by atoms with Crippen molar-refractivity contribution in [3.05, 3.63) is 58.9 Å². The lowest BCUT2D eigenvalue weighted by molar-refractivity contribution is -0.118. The van der Waals surface area contributed by atoms with E-state index < -0.39 is 10.0 Å². The van der Waals surface area contributed by atoms with Crippen LogP contribution in [0.5, 0.6) is 0 Å². The number of nitrogens with two attached hydrogens (primary N) is 1. The molecule has 0 aliphatic heterocycles. The van der Waals surface area contributed by atoms with Gasteiger partial charge in [-0.15, -0.1) is 0 Å². The summed E-state index contributed by atoms with van der Waals surface area (Å²) >= 11 is 1.25. The van der Waals surface area contributed by atoms with E-state index in [4.69, 9.17) is 9.88 Å². The molecule has 0 aliphatic carbocycles. The molecule has 1 amide bonds. The van der Waals surface area contributed by atoms with Gasteiger partial charge in [-0.1, -0.05) is 41.7 Å². The fourth-order valence-corrected chi connectivity index (χ4v) is 4.50. The Morgan fingerprint density at radius 3 is 2.64 bits per heavy atom. The molecule has 3 rings (SSSR count). The van der Waals surface area contributed by atoms with Crippen molar-refractivity contribution in [1.82, 2.24) is 4.57 Å². The third kappa shape index (κ3) is 4.93. The molecule has 0 fully saturated rings. The van der Waals surface area contributed by atoms with E-state index >= 15 is 0 Å². The SMILES string of the molecule is COCCn1c(=NC(=O)CCc2ccccc2)sc2cc(S(N)(=O)=O)ccc21. The summed E-state index contributed by atoms with van der Waals surface area (Å²) in [5.74, 6) is -0.228. The van der Waals surface area contributed by atoms with Gasteiger partial charge in [0.25, 0.3) is 0 Å². The summed E-state index contributed by atoms with van der Waals surface area (Å²) in [4.78, 5) is 17.2. The molecule has 1 aromatic heterocycles. The standard InChI is InChI=1S/C19H21N3O4S2/c1-26-12-11-22-16-9-8-15(28(20,24)25)13-17(16)27-19(22)21-18(23)10-7-14-5-3-2-4-6-14/h2-6,8-9,13H,7,10-12H2,1H3,(H2,20,24,25). The first-order valence-electron chi connectivity index (χ1n) is 8.65.